The molecule has 188 valence electrons. The third-order valence-electron chi connectivity index (χ3n) is 4.92. The molecule has 34 heavy (non-hydrogen) atoms. The molecule has 1 aromatic rings. The minimum Gasteiger partial charge on any atom is -0.377 e. The van der Waals surface area contributed by atoms with E-state index in [1.54, 1.807) is 0 Å². The molecule has 2 atom stereocenters. The fourth-order valence-electron chi connectivity index (χ4n) is 3.57. The number of hydrogen-bond donors (Lipinski definition) is 1. The van der Waals surface area contributed by atoms with Crippen molar-refractivity contribution in [1.29, 1.82) is 0 Å². The quantitative estimate of drug-likeness (QED) is 0.192. The maximum Gasteiger partial charge on any atom is 0.241 e. The molecule has 9 heteroatoms. The summed E-state index contributed by atoms with van der Waals surface area (Å²) < 4.78 is 16.5. The lowest BCUT2D eigenvalue weighted by atomic mass is 10.0. The van der Waals surface area contributed by atoms with Gasteiger partial charge in [0.2, 0.25) is 5.16 Å². The highest BCUT2D eigenvalue weighted by atomic mass is 32.2. The molecular formula is C25H43BFN6S+. The standard InChI is InChI=1S/C20H31BFN6S.C3H8.C2H4/c1-6-8-15(3)18(11-19-24-20(29-22)25-28(19)7-2)23-16(4)12-26(5)13-17-9-10-27(21)14-17;1-3-2;1-2/h7,13,17-18,23H,2-4,6,8-12,14H2,1,5H3;3H2,1-2H3;1-2H2/q+1;;. The molecule has 0 saturated carbocycles. The van der Waals surface area contributed by atoms with Gasteiger partial charge in [0, 0.05) is 18.5 Å². The first-order valence-corrected chi connectivity index (χ1v) is 12.5. The van der Waals surface area contributed by atoms with Gasteiger partial charge in [-0.15, -0.1) is 18.3 Å². The summed E-state index contributed by atoms with van der Waals surface area (Å²) in [6.07, 6.45) is 8.47. The van der Waals surface area contributed by atoms with Crippen LogP contribution in [-0.2, 0) is 6.42 Å². The first-order chi connectivity index (χ1) is 16.3. The van der Waals surface area contributed by atoms with E-state index >= 15 is 0 Å². The maximum atomic E-state index is 12.9. The van der Waals surface area contributed by atoms with Crippen molar-refractivity contribution in [2.24, 2.45) is 5.92 Å². The highest BCUT2D eigenvalue weighted by Crippen LogP contribution is 2.18. The van der Waals surface area contributed by atoms with Crippen molar-refractivity contribution in [3.63, 3.8) is 0 Å². The number of hydrogen-bond acceptors (Lipinski definition) is 5. The summed E-state index contributed by atoms with van der Waals surface area (Å²) in [4.78, 5) is 6.10. The van der Waals surface area contributed by atoms with Gasteiger partial charge in [-0.1, -0.05) is 58.9 Å². The van der Waals surface area contributed by atoms with Crippen LogP contribution in [0.1, 0.15) is 52.3 Å². The predicted octanol–water partition coefficient (Wildman–Crippen LogP) is 5.06. The Kier molecular flexibility index (Phi) is 17.1. The van der Waals surface area contributed by atoms with Crippen molar-refractivity contribution in [2.75, 3.05) is 26.7 Å². The zero-order chi connectivity index (χ0) is 26.1. The predicted molar refractivity (Wildman–Crippen MR) is 147 cm³/mol. The zero-order valence-electron chi connectivity index (χ0n) is 21.6. The topological polar surface area (TPSA) is 49.0 Å². The van der Waals surface area contributed by atoms with Crippen LogP contribution in [0, 0.1) is 5.92 Å². The van der Waals surface area contributed by atoms with Gasteiger partial charge < -0.3 is 10.1 Å². The summed E-state index contributed by atoms with van der Waals surface area (Å²) in [5.74, 6) is 1.10. The second kappa shape index (κ2) is 18.2. The molecule has 1 aliphatic rings. The van der Waals surface area contributed by atoms with E-state index in [0.717, 1.165) is 43.6 Å². The van der Waals surface area contributed by atoms with E-state index in [2.05, 4.69) is 79.9 Å². The fraction of sp³-hybridized carbons (Fsp3) is 0.560. The summed E-state index contributed by atoms with van der Waals surface area (Å²) in [6.45, 7) is 27.0. The molecule has 0 spiro atoms. The van der Waals surface area contributed by atoms with Gasteiger partial charge in [-0.05, 0) is 25.9 Å². The van der Waals surface area contributed by atoms with Crippen LogP contribution in [0.25, 0.3) is 6.20 Å². The Hall–Kier alpha value is -2.13. The van der Waals surface area contributed by atoms with Crippen LogP contribution in [-0.4, -0.2) is 71.1 Å². The molecule has 1 saturated heterocycles. The van der Waals surface area contributed by atoms with E-state index in [9.17, 15) is 3.89 Å². The highest BCUT2D eigenvalue weighted by molar-refractivity contribution is 7.94. The van der Waals surface area contributed by atoms with Gasteiger partial charge in [0.15, 0.2) is 14.5 Å². The lowest BCUT2D eigenvalue weighted by Crippen LogP contribution is -2.35. The zero-order valence-corrected chi connectivity index (χ0v) is 22.4. The van der Waals surface area contributed by atoms with Gasteiger partial charge >= 0.3 is 0 Å². The minimum absolute atomic E-state index is 0.0280. The van der Waals surface area contributed by atoms with Gasteiger partial charge in [0.05, 0.1) is 11.7 Å². The Morgan fingerprint density at radius 2 is 2.00 bits per heavy atom. The second-order valence-corrected chi connectivity index (χ2v) is 8.76. The van der Waals surface area contributed by atoms with Crippen LogP contribution in [0.2, 0.25) is 0 Å². The molecule has 1 fully saturated rings. The number of aromatic nitrogens is 3. The highest BCUT2D eigenvalue weighted by Gasteiger charge is 2.22. The molecular weight excluding hydrogens is 446 g/mol. The Morgan fingerprint density at radius 1 is 1.35 bits per heavy atom. The van der Waals surface area contributed by atoms with Gasteiger partial charge in [0.25, 0.3) is 0 Å². The summed E-state index contributed by atoms with van der Waals surface area (Å²) in [5.41, 5.74) is 1.95. The molecule has 0 aliphatic carbocycles. The molecule has 0 aromatic carbocycles. The lowest BCUT2D eigenvalue weighted by Gasteiger charge is -2.22. The Bertz CT molecular complexity index is 794. The minimum atomic E-state index is -0.0674. The van der Waals surface area contributed by atoms with Crippen LogP contribution < -0.4 is 5.32 Å². The molecule has 2 radical (unpaired) electrons. The molecule has 1 N–H and O–H groups in total. The largest absolute Gasteiger partial charge is 0.377 e. The third-order valence-corrected chi connectivity index (χ3v) is 5.23. The first-order valence-electron chi connectivity index (χ1n) is 11.8. The SMILES string of the molecule is C=C.CCC.[B]N1CCC(C=[N+](C)CC(=C)NC(Cc2nc(SF)nn2C=C)C(=C)CCC)C1. The summed E-state index contributed by atoms with van der Waals surface area (Å²) in [7, 11) is 7.89. The van der Waals surface area contributed by atoms with Gasteiger partial charge in [-0.3, -0.25) is 0 Å². The third kappa shape index (κ3) is 11.8. The summed E-state index contributed by atoms with van der Waals surface area (Å²) in [5, 5.41) is 7.63. The Balaban J connectivity index is 0.00000201. The molecule has 2 unspecified atom stereocenters. The Morgan fingerprint density at radius 3 is 2.50 bits per heavy atom. The van der Waals surface area contributed by atoms with Gasteiger partial charge in [0.1, 0.15) is 31.2 Å². The molecule has 2 rings (SSSR count). The van der Waals surface area contributed by atoms with Crippen molar-refractivity contribution in [1.82, 2.24) is 24.9 Å². The summed E-state index contributed by atoms with van der Waals surface area (Å²) in [6, 6.07) is -0.0674. The summed E-state index contributed by atoms with van der Waals surface area (Å²) >= 11 is 0.0280. The van der Waals surface area contributed by atoms with E-state index in [1.807, 2.05) is 11.9 Å². The Labute approximate surface area is 212 Å². The van der Waals surface area contributed by atoms with Gasteiger partial charge in [-0.2, -0.15) is 3.89 Å². The molecule has 1 aliphatic heterocycles. The van der Waals surface area contributed by atoms with E-state index in [1.165, 1.54) is 17.3 Å². The second-order valence-electron chi connectivity index (χ2n) is 8.24. The van der Waals surface area contributed by atoms with Crippen molar-refractivity contribution in [3.05, 3.63) is 50.0 Å². The first kappa shape index (κ1) is 31.9. The van der Waals surface area contributed by atoms with Crippen LogP contribution in [0.15, 0.2) is 49.3 Å². The molecule has 0 bridgehead atoms. The van der Waals surface area contributed by atoms with Crippen molar-refractivity contribution < 1.29 is 8.46 Å². The molecule has 1 aromatic heterocycles. The number of nitrogens with one attached hydrogen (secondary N) is 1. The average Bonchev–Trinajstić information content (AvgIpc) is 3.40. The smallest absolute Gasteiger partial charge is 0.241 e. The maximum absolute atomic E-state index is 12.9. The lowest BCUT2D eigenvalue weighted by molar-refractivity contribution is -0.486. The van der Waals surface area contributed by atoms with E-state index in [0.29, 0.717) is 24.7 Å². The average molecular weight is 490 g/mol. The van der Waals surface area contributed by atoms with Crippen molar-refractivity contribution in [2.45, 2.75) is 64.1 Å². The number of rotatable bonds is 12. The molecule has 0 amide bonds. The number of nitrogens with zero attached hydrogens (tertiary/aromatic N) is 5. The normalized spacial score (nSPS) is 16.5. The van der Waals surface area contributed by atoms with Crippen molar-refractivity contribution in [3.8, 4) is 0 Å². The molecule has 6 nitrogen and oxygen atoms in total. The fourth-order valence-corrected chi connectivity index (χ4v) is 3.83. The van der Waals surface area contributed by atoms with E-state index in [4.69, 9.17) is 7.98 Å². The van der Waals surface area contributed by atoms with Crippen LogP contribution in [0.4, 0.5) is 3.89 Å². The number of halogens is 1. The van der Waals surface area contributed by atoms with E-state index < -0.39 is 0 Å². The van der Waals surface area contributed by atoms with Crippen LogP contribution >= 0.6 is 12.1 Å². The monoisotopic (exact) mass is 489 g/mol. The van der Waals surface area contributed by atoms with E-state index in [-0.39, 0.29) is 23.3 Å². The van der Waals surface area contributed by atoms with Gasteiger partial charge in [-0.25, -0.2) is 14.2 Å². The number of likely N-dealkylation sites (N-methyl/N-ethyl adjacent to an activating group) is 1. The van der Waals surface area contributed by atoms with Crippen LogP contribution in [0.3, 0.4) is 0 Å². The van der Waals surface area contributed by atoms with Crippen LogP contribution in [0.5, 0.6) is 0 Å². The molecule has 2 heterocycles. The van der Waals surface area contributed by atoms with Crippen molar-refractivity contribution >= 4 is 32.5 Å².